The second-order valence-electron chi connectivity index (χ2n) is 7.01. The van der Waals surface area contributed by atoms with Gasteiger partial charge >= 0.3 is 0 Å². The zero-order valence-corrected chi connectivity index (χ0v) is 12.4. The topological polar surface area (TPSA) is 40.5 Å². The lowest BCUT2D eigenvalue weighted by molar-refractivity contribution is -0.884. The first-order valence-electron chi connectivity index (χ1n) is 6.12. The van der Waals surface area contributed by atoms with E-state index < -0.39 is 0 Å². The first-order valence-corrected chi connectivity index (χ1v) is 6.12. The highest BCUT2D eigenvalue weighted by Crippen LogP contribution is 2.30. The van der Waals surface area contributed by atoms with Crippen LogP contribution in [0.2, 0.25) is 0 Å². The van der Waals surface area contributed by atoms with E-state index >= 15 is 0 Å². The second kappa shape index (κ2) is 4.78. The molecule has 0 atom stereocenters. The minimum atomic E-state index is 0.268. The molecule has 0 unspecified atom stereocenters. The molecule has 1 aromatic carbocycles. The molecular formula is C14H26N2O2+2. The molecule has 0 aliphatic rings. The molecule has 0 fully saturated rings. The van der Waals surface area contributed by atoms with Crippen LogP contribution in [-0.4, -0.2) is 61.5 Å². The number of quaternary nitrogens is 2. The van der Waals surface area contributed by atoms with Crippen LogP contribution in [-0.2, 0) is 13.1 Å². The van der Waals surface area contributed by atoms with Crippen molar-refractivity contribution in [3.63, 3.8) is 0 Å². The number of nitrogens with zero attached hydrogens (tertiary/aromatic N) is 2. The zero-order chi connectivity index (χ0) is 14.1. The average Bonchev–Trinajstić information content (AvgIpc) is 2.08. The number of benzene rings is 1. The van der Waals surface area contributed by atoms with Crippen molar-refractivity contribution < 1.29 is 19.2 Å². The lowest BCUT2D eigenvalue weighted by Gasteiger charge is -2.26. The molecule has 0 aromatic heterocycles. The van der Waals surface area contributed by atoms with E-state index in [9.17, 15) is 10.2 Å². The van der Waals surface area contributed by atoms with Gasteiger partial charge in [-0.2, -0.15) is 0 Å². The van der Waals surface area contributed by atoms with Crippen LogP contribution in [0.4, 0.5) is 0 Å². The fourth-order valence-corrected chi connectivity index (χ4v) is 1.94. The number of hydrogen-bond acceptors (Lipinski definition) is 2. The van der Waals surface area contributed by atoms with Gasteiger partial charge in [-0.25, -0.2) is 0 Å². The summed E-state index contributed by atoms with van der Waals surface area (Å²) in [5.74, 6) is 0.536. The van der Waals surface area contributed by atoms with Gasteiger partial charge in [0, 0.05) is 0 Å². The standard InChI is InChI=1S/C14H24N2O2/c1-15(2,3)9-11-7-14(18)12(8-13(11)17)10-16(4,5)6/h7-8H,9-10H2,1-6H3/p+2. The van der Waals surface area contributed by atoms with Gasteiger partial charge < -0.3 is 19.2 Å². The summed E-state index contributed by atoms with van der Waals surface area (Å²) in [6.07, 6.45) is 0. The molecule has 0 radical (unpaired) electrons. The molecule has 0 aliphatic heterocycles. The molecule has 4 heteroatoms. The van der Waals surface area contributed by atoms with E-state index in [1.807, 2.05) is 0 Å². The first kappa shape index (κ1) is 14.8. The number of rotatable bonds is 4. The minimum absolute atomic E-state index is 0.268. The van der Waals surface area contributed by atoms with Crippen LogP contribution < -0.4 is 0 Å². The van der Waals surface area contributed by atoms with Crippen molar-refractivity contribution in [1.29, 1.82) is 0 Å². The van der Waals surface area contributed by atoms with Gasteiger partial charge in [-0.05, 0) is 12.1 Å². The summed E-state index contributed by atoms with van der Waals surface area (Å²) in [6.45, 7) is 1.37. The van der Waals surface area contributed by atoms with Crippen LogP contribution in [0.1, 0.15) is 11.1 Å². The van der Waals surface area contributed by atoms with E-state index in [0.29, 0.717) is 22.1 Å². The predicted octanol–water partition coefficient (Wildman–Crippen LogP) is 1.51. The van der Waals surface area contributed by atoms with E-state index in [0.717, 1.165) is 11.1 Å². The Morgan fingerprint density at radius 3 is 1.22 bits per heavy atom. The Hall–Kier alpha value is -1.26. The third-order valence-electron chi connectivity index (χ3n) is 2.57. The molecule has 4 nitrogen and oxygen atoms in total. The molecule has 0 heterocycles. The van der Waals surface area contributed by atoms with Crippen LogP contribution in [0.3, 0.4) is 0 Å². The van der Waals surface area contributed by atoms with Crippen LogP contribution in [0.15, 0.2) is 12.1 Å². The first-order chi connectivity index (χ1) is 7.98. The molecule has 1 aromatic rings. The molecule has 0 saturated heterocycles. The van der Waals surface area contributed by atoms with Gasteiger partial charge in [0.05, 0.1) is 53.4 Å². The SMILES string of the molecule is C[N+](C)(C)Cc1cc(O)c(C[N+](C)(C)C)cc1O. The Bertz CT molecular complexity index is 387. The lowest BCUT2D eigenvalue weighted by atomic mass is 10.1. The van der Waals surface area contributed by atoms with Gasteiger partial charge in [-0.3, -0.25) is 0 Å². The lowest BCUT2D eigenvalue weighted by Crippen LogP contribution is -2.34. The summed E-state index contributed by atoms with van der Waals surface area (Å²) in [7, 11) is 12.3. The monoisotopic (exact) mass is 254 g/mol. The van der Waals surface area contributed by atoms with E-state index in [-0.39, 0.29) is 11.5 Å². The molecule has 0 bridgehead atoms. The van der Waals surface area contributed by atoms with Crippen LogP contribution in [0.25, 0.3) is 0 Å². The highest BCUT2D eigenvalue weighted by molar-refractivity contribution is 5.44. The predicted molar refractivity (Wildman–Crippen MR) is 73.2 cm³/mol. The van der Waals surface area contributed by atoms with Crippen LogP contribution in [0, 0.1) is 0 Å². The zero-order valence-electron chi connectivity index (χ0n) is 12.4. The summed E-state index contributed by atoms with van der Waals surface area (Å²) < 4.78 is 1.42. The molecule has 2 N–H and O–H groups in total. The minimum Gasteiger partial charge on any atom is -0.507 e. The van der Waals surface area contributed by atoms with Crippen molar-refractivity contribution in [1.82, 2.24) is 0 Å². The Labute approximate surface area is 110 Å². The third kappa shape index (κ3) is 4.55. The molecule has 0 aliphatic carbocycles. The average molecular weight is 254 g/mol. The Balaban J connectivity index is 3.05. The maximum Gasteiger partial charge on any atom is 0.125 e. The van der Waals surface area contributed by atoms with Crippen LogP contribution >= 0.6 is 0 Å². The van der Waals surface area contributed by atoms with Gasteiger partial charge in [0.15, 0.2) is 0 Å². The van der Waals surface area contributed by atoms with Crippen molar-refractivity contribution in [2.75, 3.05) is 42.3 Å². The Morgan fingerprint density at radius 1 is 0.722 bits per heavy atom. The Kier molecular flexibility index (Phi) is 3.93. The molecular weight excluding hydrogens is 228 g/mol. The van der Waals surface area contributed by atoms with E-state index in [1.165, 1.54) is 0 Å². The summed E-state index contributed by atoms with van der Waals surface area (Å²) in [5.41, 5.74) is 1.57. The second-order valence-corrected chi connectivity index (χ2v) is 7.01. The molecule has 1 rings (SSSR count). The quantitative estimate of drug-likeness (QED) is 0.631. The van der Waals surface area contributed by atoms with Gasteiger partial charge in [0.2, 0.25) is 0 Å². The highest BCUT2D eigenvalue weighted by atomic mass is 16.3. The number of phenolic OH excluding ortho intramolecular Hbond substituents is 2. The van der Waals surface area contributed by atoms with Crippen LogP contribution in [0.5, 0.6) is 11.5 Å². The van der Waals surface area contributed by atoms with E-state index in [2.05, 4.69) is 42.3 Å². The maximum absolute atomic E-state index is 10.0. The molecule has 102 valence electrons. The Morgan fingerprint density at radius 2 is 1.00 bits per heavy atom. The van der Waals surface area contributed by atoms with Crippen molar-refractivity contribution in [2.24, 2.45) is 0 Å². The summed E-state index contributed by atoms with van der Waals surface area (Å²) in [4.78, 5) is 0. The molecule has 0 saturated carbocycles. The number of hydrogen-bond donors (Lipinski definition) is 2. The maximum atomic E-state index is 10.0. The van der Waals surface area contributed by atoms with Gasteiger partial charge in [-0.15, -0.1) is 0 Å². The van der Waals surface area contributed by atoms with E-state index in [1.54, 1.807) is 12.1 Å². The normalized spacial score (nSPS) is 12.8. The fraction of sp³-hybridized carbons (Fsp3) is 0.571. The summed E-state index contributed by atoms with van der Waals surface area (Å²) >= 11 is 0. The largest absolute Gasteiger partial charge is 0.507 e. The van der Waals surface area contributed by atoms with Crippen molar-refractivity contribution in [2.45, 2.75) is 13.1 Å². The number of phenols is 2. The van der Waals surface area contributed by atoms with Gasteiger partial charge in [0.1, 0.15) is 24.6 Å². The van der Waals surface area contributed by atoms with Crippen molar-refractivity contribution in [3.05, 3.63) is 23.3 Å². The molecule has 0 spiro atoms. The molecule has 0 amide bonds. The number of aromatic hydroxyl groups is 2. The summed E-state index contributed by atoms with van der Waals surface area (Å²) in [6, 6.07) is 3.37. The smallest absolute Gasteiger partial charge is 0.125 e. The summed E-state index contributed by atoms with van der Waals surface area (Å²) in [5, 5.41) is 20.1. The third-order valence-corrected chi connectivity index (χ3v) is 2.57. The molecule has 18 heavy (non-hydrogen) atoms. The van der Waals surface area contributed by atoms with Gasteiger partial charge in [0.25, 0.3) is 0 Å². The van der Waals surface area contributed by atoms with E-state index in [4.69, 9.17) is 0 Å². The van der Waals surface area contributed by atoms with Crippen molar-refractivity contribution in [3.8, 4) is 11.5 Å². The highest BCUT2D eigenvalue weighted by Gasteiger charge is 2.18. The fourth-order valence-electron chi connectivity index (χ4n) is 1.94. The van der Waals surface area contributed by atoms with Gasteiger partial charge in [-0.1, -0.05) is 0 Å². The van der Waals surface area contributed by atoms with Crippen molar-refractivity contribution >= 4 is 0 Å².